The van der Waals surface area contributed by atoms with Crippen LogP contribution in [-0.2, 0) is 0 Å². The molecule has 2 nitrogen and oxygen atoms in total. The van der Waals surface area contributed by atoms with E-state index in [1.807, 2.05) is 19.1 Å². The van der Waals surface area contributed by atoms with Gasteiger partial charge in [0.2, 0.25) is 0 Å². The summed E-state index contributed by atoms with van der Waals surface area (Å²) in [5.41, 5.74) is 3.42. The van der Waals surface area contributed by atoms with Crippen LogP contribution in [0.1, 0.15) is 36.3 Å². The highest BCUT2D eigenvalue weighted by Crippen LogP contribution is 2.20. The van der Waals surface area contributed by atoms with Crippen molar-refractivity contribution < 1.29 is 0 Å². The number of rotatable bonds is 5. The van der Waals surface area contributed by atoms with E-state index >= 15 is 0 Å². The van der Waals surface area contributed by atoms with Gasteiger partial charge in [-0.1, -0.05) is 43.3 Å². The molecule has 0 radical (unpaired) electrons. The van der Waals surface area contributed by atoms with Crippen LogP contribution in [0.3, 0.4) is 0 Å². The van der Waals surface area contributed by atoms with Crippen molar-refractivity contribution in [1.29, 1.82) is 0 Å². The highest BCUT2D eigenvalue weighted by Gasteiger charge is 2.13. The second kappa shape index (κ2) is 6.31. The molecule has 2 heteroatoms. The Morgan fingerprint density at radius 1 is 1.06 bits per heavy atom. The first-order valence-corrected chi connectivity index (χ1v) is 6.53. The van der Waals surface area contributed by atoms with Gasteiger partial charge >= 0.3 is 0 Å². The summed E-state index contributed by atoms with van der Waals surface area (Å²) in [4.78, 5) is 4.64. The molecular formula is C16H20N2. The van der Waals surface area contributed by atoms with Crippen LogP contribution in [0.2, 0.25) is 0 Å². The summed E-state index contributed by atoms with van der Waals surface area (Å²) in [6.45, 7) is 5.21. The monoisotopic (exact) mass is 240 g/mol. The van der Waals surface area contributed by atoms with Gasteiger partial charge in [-0.3, -0.25) is 4.98 Å². The maximum absolute atomic E-state index is 4.64. The van der Waals surface area contributed by atoms with Crippen molar-refractivity contribution in [3.63, 3.8) is 0 Å². The van der Waals surface area contributed by atoms with E-state index in [0.717, 1.165) is 24.4 Å². The number of aromatic nitrogens is 1. The van der Waals surface area contributed by atoms with Crippen LogP contribution in [0.25, 0.3) is 0 Å². The van der Waals surface area contributed by atoms with Crippen LogP contribution in [0, 0.1) is 6.92 Å². The van der Waals surface area contributed by atoms with Crippen LogP contribution in [0.5, 0.6) is 0 Å². The van der Waals surface area contributed by atoms with Crippen LogP contribution >= 0.6 is 0 Å². The van der Waals surface area contributed by atoms with Crippen molar-refractivity contribution in [3.8, 4) is 0 Å². The van der Waals surface area contributed by atoms with Crippen LogP contribution in [-0.4, -0.2) is 11.5 Å². The summed E-state index contributed by atoms with van der Waals surface area (Å²) < 4.78 is 0. The Morgan fingerprint density at radius 2 is 1.83 bits per heavy atom. The first-order valence-electron chi connectivity index (χ1n) is 6.53. The maximum Gasteiger partial charge on any atom is 0.0751 e. The van der Waals surface area contributed by atoms with E-state index < -0.39 is 0 Å². The number of hydrogen-bond donors (Lipinski definition) is 1. The summed E-state index contributed by atoms with van der Waals surface area (Å²) in [5, 5.41) is 3.57. The van der Waals surface area contributed by atoms with E-state index in [0.29, 0.717) is 0 Å². The largest absolute Gasteiger partial charge is 0.305 e. The highest BCUT2D eigenvalue weighted by molar-refractivity contribution is 5.28. The lowest BCUT2D eigenvalue weighted by Crippen LogP contribution is -2.24. The van der Waals surface area contributed by atoms with Gasteiger partial charge in [0.05, 0.1) is 11.7 Å². The molecule has 1 aromatic carbocycles. The fraction of sp³-hybridized carbons (Fsp3) is 0.312. The van der Waals surface area contributed by atoms with Crippen molar-refractivity contribution >= 4 is 0 Å². The molecule has 0 amide bonds. The first-order chi connectivity index (χ1) is 8.81. The minimum absolute atomic E-state index is 0.186. The Bertz CT molecular complexity index is 479. The number of benzene rings is 1. The molecule has 1 unspecified atom stereocenters. The van der Waals surface area contributed by atoms with Crippen molar-refractivity contribution in [1.82, 2.24) is 10.3 Å². The predicted molar refractivity (Wildman–Crippen MR) is 75.6 cm³/mol. The zero-order valence-corrected chi connectivity index (χ0v) is 11.1. The molecule has 0 bridgehead atoms. The summed E-state index contributed by atoms with van der Waals surface area (Å²) in [7, 11) is 0. The van der Waals surface area contributed by atoms with Gasteiger partial charge in [0.15, 0.2) is 0 Å². The van der Waals surface area contributed by atoms with Crippen molar-refractivity contribution in [2.24, 2.45) is 0 Å². The van der Waals surface area contributed by atoms with Gasteiger partial charge in [0, 0.05) is 5.69 Å². The van der Waals surface area contributed by atoms with E-state index in [1.165, 1.54) is 5.56 Å². The van der Waals surface area contributed by atoms with E-state index in [-0.39, 0.29) is 6.04 Å². The second-order valence-corrected chi connectivity index (χ2v) is 4.50. The van der Waals surface area contributed by atoms with E-state index in [4.69, 9.17) is 0 Å². The lowest BCUT2D eigenvalue weighted by atomic mass is 10.0. The van der Waals surface area contributed by atoms with Gasteiger partial charge in [-0.05, 0) is 37.6 Å². The summed E-state index contributed by atoms with van der Waals surface area (Å²) in [5.74, 6) is 0. The summed E-state index contributed by atoms with van der Waals surface area (Å²) in [6.07, 6.45) is 1.12. The molecule has 0 saturated carbocycles. The lowest BCUT2D eigenvalue weighted by Gasteiger charge is -2.18. The number of hydrogen-bond acceptors (Lipinski definition) is 2. The molecule has 2 aromatic rings. The third-order valence-electron chi connectivity index (χ3n) is 2.94. The maximum atomic E-state index is 4.64. The van der Waals surface area contributed by atoms with Crippen LogP contribution < -0.4 is 5.32 Å². The number of nitrogens with zero attached hydrogens (tertiary/aromatic N) is 1. The third kappa shape index (κ3) is 3.17. The number of nitrogens with one attached hydrogen (secondary N) is 1. The molecule has 1 atom stereocenters. The molecule has 94 valence electrons. The zero-order chi connectivity index (χ0) is 12.8. The van der Waals surface area contributed by atoms with Gasteiger partial charge in [-0.25, -0.2) is 0 Å². The molecule has 1 aromatic heterocycles. The van der Waals surface area contributed by atoms with E-state index in [1.54, 1.807) is 0 Å². The smallest absolute Gasteiger partial charge is 0.0751 e. The molecule has 0 spiro atoms. The molecule has 2 rings (SSSR count). The Kier molecular flexibility index (Phi) is 4.48. The number of aryl methyl sites for hydroxylation is 1. The first kappa shape index (κ1) is 12.8. The average Bonchev–Trinajstić information content (AvgIpc) is 2.40. The molecular weight excluding hydrogens is 220 g/mol. The van der Waals surface area contributed by atoms with Crippen molar-refractivity contribution in [2.45, 2.75) is 26.3 Å². The van der Waals surface area contributed by atoms with Crippen molar-refractivity contribution in [2.75, 3.05) is 6.54 Å². The SMILES string of the molecule is CCCNC(c1ccccc1)c1cccc(C)n1. The fourth-order valence-corrected chi connectivity index (χ4v) is 2.05. The Morgan fingerprint density at radius 3 is 2.50 bits per heavy atom. The molecule has 1 heterocycles. The van der Waals surface area contributed by atoms with Crippen LogP contribution in [0.15, 0.2) is 48.5 Å². The Hall–Kier alpha value is -1.67. The van der Waals surface area contributed by atoms with Crippen molar-refractivity contribution in [3.05, 3.63) is 65.5 Å². The Balaban J connectivity index is 2.31. The minimum Gasteiger partial charge on any atom is -0.305 e. The zero-order valence-electron chi connectivity index (χ0n) is 11.1. The van der Waals surface area contributed by atoms with Gasteiger partial charge < -0.3 is 5.32 Å². The fourth-order valence-electron chi connectivity index (χ4n) is 2.05. The molecule has 0 aliphatic rings. The standard InChI is InChI=1S/C16H20N2/c1-3-12-17-16(14-9-5-4-6-10-14)15-11-7-8-13(2)18-15/h4-11,16-17H,3,12H2,1-2H3. The van der Waals surface area contributed by atoms with Crippen LogP contribution in [0.4, 0.5) is 0 Å². The topological polar surface area (TPSA) is 24.9 Å². The predicted octanol–water partition coefficient (Wildman–Crippen LogP) is 3.48. The van der Waals surface area contributed by atoms with Gasteiger partial charge in [-0.15, -0.1) is 0 Å². The normalized spacial score (nSPS) is 12.3. The molecule has 0 saturated heterocycles. The molecule has 1 N–H and O–H groups in total. The molecule has 18 heavy (non-hydrogen) atoms. The molecule has 0 aliphatic carbocycles. The second-order valence-electron chi connectivity index (χ2n) is 4.50. The lowest BCUT2D eigenvalue weighted by molar-refractivity contribution is 0.585. The summed E-state index contributed by atoms with van der Waals surface area (Å²) >= 11 is 0. The van der Waals surface area contributed by atoms with Gasteiger partial charge in [-0.2, -0.15) is 0 Å². The highest BCUT2D eigenvalue weighted by atomic mass is 14.9. The average molecular weight is 240 g/mol. The Labute approximate surface area is 109 Å². The van der Waals surface area contributed by atoms with E-state index in [2.05, 4.69) is 53.6 Å². The van der Waals surface area contributed by atoms with Gasteiger partial charge in [0.1, 0.15) is 0 Å². The van der Waals surface area contributed by atoms with Gasteiger partial charge in [0.25, 0.3) is 0 Å². The van der Waals surface area contributed by atoms with E-state index in [9.17, 15) is 0 Å². The minimum atomic E-state index is 0.186. The molecule has 0 fully saturated rings. The quantitative estimate of drug-likeness (QED) is 0.865. The number of pyridine rings is 1. The third-order valence-corrected chi connectivity index (χ3v) is 2.94. The molecule has 0 aliphatic heterocycles. The summed E-state index contributed by atoms with van der Waals surface area (Å²) in [6, 6.07) is 16.9.